The first-order valence-corrected chi connectivity index (χ1v) is 6.01. The minimum Gasteiger partial charge on any atom is -0.350 e. The summed E-state index contributed by atoms with van der Waals surface area (Å²) < 4.78 is 1.12. The molecule has 0 bridgehead atoms. The van der Waals surface area contributed by atoms with Gasteiger partial charge in [-0.15, -0.1) is 0 Å². The highest BCUT2D eigenvalue weighted by Gasteiger charge is 2.11. The van der Waals surface area contributed by atoms with Crippen LogP contribution in [0.4, 0.5) is 17.1 Å². The predicted octanol–water partition coefficient (Wildman–Crippen LogP) is 3.94. The highest BCUT2D eigenvalue weighted by Crippen LogP contribution is 2.27. The maximum Gasteiger partial charge on any atom is 0.292 e. The zero-order valence-electron chi connectivity index (χ0n) is 8.76. The number of benzene rings is 2. The third-order valence-corrected chi connectivity index (χ3v) is 2.94. The van der Waals surface area contributed by atoms with Crippen molar-refractivity contribution < 1.29 is 4.92 Å². The lowest BCUT2D eigenvalue weighted by Crippen LogP contribution is -1.96. The molecule has 0 radical (unpaired) electrons. The lowest BCUT2D eigenvalue weighted by molar-refractivity contribution is -0.383. The Hall–Kier alpha value is -1.63. The minimum absolute atomic E-state index is 0.0750. The maximum atomic E-state index is 10.8. The smallest absolute Gasteiger partial charge is 0.292 e. The molecule has 0 aliphatic heterocycles. The average Bonchev–Trinajstić information content (AvgIpc) is 2.32. The fourth-order valence-electron chi connectivity index (χ4n) is 1.43. The summed E-state index contributed by atoms with van der Waals surface area (Å²) in [6.07, 6.45) is 0. The van der Waals surface area contributed by atoms with Crippen LogP contribution in [0.3, 0.4) is 0 Å². The highest BCUT2D eigenvalue weighted by molar-refractivity contribution is 14.1. The Morgan fingerprint density at radius 2 is 1.71 bits per heavy atom. The fraction of sp³-hybridized carbons (Fsp3) is 0. The molecule has 2 aromatic rings. The van der Waals surface area contributed by atoms with E-state index in [4.69, 9.17) is 0 Å². The molecule has 0 heterocycles. The second-order valence-corrected chi connectivity index (χ2v) is 4.65. The van der Waals surface area contributed by atoms with Crippen molar-refractivity contribution in [3.8, 4) is 0 Å². The predicted molar refractivity (Wildman–Crippen MR) is 75.5 cm³/mol. The van der Waals surface area contributed by atoms with Crippen molar-refractivity contribution in [3.63, 3.8) is 0 Å². The van der Waals surface area contributed by atoms with E-state index in [0.29, 0.717) is 5.69 Å². The Labute approximate surface area is 112 Å². The molecule has 2 aromatic carbocycles. The van der Waals surface area contributed by atoms with Crippen molar-refractivity contribution in [2.24, 2.45) is 0 Å². The fourth-order valence-corrected chi connectivity index (χ4v) is 1.79. The number of nitrogens with one attached hydrogen (secondary N) is 1. The van der Waals surface area contributed by atoms with Gasteiger partial charge in [0.05, 0.1) is 4.92 Å². The van der Waals surface area contributed by atoms with E-state index in [9.17, 15) is 10.1 Å². The first-order chi connectivity index (χ1) is 8.16. The second kappa shape index (κ2) is 5.13. The van der Waals surface area contributed by atoms with E-state index < -0.39 is 4.92 Å². The topological polar surface area (TPSA) is 55.2 Å². The number of nitro groups is 1. The summed E-state index contributed by atoms with van der Waals surface area (Å²) in [5.41, 5.74) is 1.41. The summed E-state index contributed by atoms with van der Waals surface area (Å²) in [5.74, 6) is 0. The normalized spacial score (nSPS) is 9.94. The number of nitro benzene ring substituents is 1. The average molecular weight is 340 g/mol. The van der Waals surface area contributed by atoms with Crippen LogP contribution in [0.5, 0.6) is 0 Å². The van der Waals surface area contributed by atoms with Gasteiger partial charge >= 0.3 is 0 Å². The Kier molecular flexibility index (Phi) is 3.58. The van der Waals surface area contributed by atoms with Crippen LogP contribution in [0.1, 0.15) is 0 Å². The molecule has 0 amide bonds. The molecule has 0 fully saturated rings. The molecule has 0 aliphatic rings. The Balaban J connectivity index is 2.30. The standard InChI is InChI=1S/C12H9IN2O2/c13-9-5-7-10(8-6-9)14-11-3-1-2-4-12(11)15(16)17/h1-8,14H. The zero-order valence-corrected chi connectivity index (χ0v) is 10.9. The van der Waals surface area contributed by atoms with Gasteiger partial charge < -0.3 is 5.32 Å². The van der Waals surface area contributed by atoms with Crippen LogP contribution in [0.2, 0.25) is 0 Å². The van der Waals surface area contributed by atoms with Crippen molar-refractivity contribution in [1.29, 1.82) is 0 Å². The summed E-state index contributed by atoms with van der Waals surface area (Å²) in [7, 11) is 0. The van der Waals surface area contributed by atoms with E-state index >= 15 is 0 Å². The number of halogens is 1. The van der Waals surface area contributed by atoms with Crippen LogP contribution < -0.4 is 5.32 Å². The first kappa shape index (κ1) is 11.8. The molecular weight excluding hydrogens is 331 g/mol. The van der Waals surface area contributed by atoms with Gasteiger partial charge in [0.2, 0.25) is 0 Å². The van der Waals surface area contributed by atoms with Crippen LogP contribution >= 0.6 is 22.6 Å². The van der Waals surface area contributed by atoms with Gasteiger partial charge in [0.1, 0.15) is 5.69 Å². The van der Waals surface area contributed by atoms with Crippen molar-refractivity contribution in [1.82, 2.24) is 0 Å². The minimum atomic E-state index is -0.394. The third kappa shape index (κ3) is 2.94. The monoisotopic (exact) mass is 340 g/mol. The molecule has 17 heavy (non-hydrogen) atoms. The molecule has 2 rings (SSSR count). The van der Waals surface area contributed by atoms with Gasteiger partial charge in [0.25, 0.3) is 5.69 Å². The Morgan fingerprint density at radius 1 is 1.06 bits per heavy atom. The third-order valence-electron chi connectivity index (χ3n) is 2.22. The zero-order chi connectivity index (χ0) is 12.3. The van der Waals surface area contributed by atoms with E-state index in [0.717, 1.165) is 9.26 Å². The van der Waals surface area contributed by atoms with E-state index in [1.807, 2.05) is 24.3 Å². The van der Waals surface area contributed by atoms with E-state index in [-0.39, 0.29) is 5.69 Å². The lowest BCUT2D eigenvalue weighted by atomic mass is 10.2. The van der Waals surface area contributed by atoms with Crippen LogP contribution in [0.15, 0.2) is 48.5 Å². The molecule has 86 valence electrons. The molecule has 0 aromatic heterocycles. The molecule has 0 unspecified atom stereocenters. The number of hydrogen-bond acceptors (Lipinski definition) is 3. The summed E-state index contributed by atoms with van der Waals surface area (Å²) in [5, 5.41) is 13.9. The number of anilines is 2. The highest BCUT2D eigenvalue weighted by atomic mass is 127. The molecule has 1 N–H and O–H groups in total. The number of para-hydroxylation sites is 2. The summed E-state index contributed by atoms with van der Waals surface area (Å²) in [6, 6.07) is 14.2. The van der Waals surface area contributed by atoms with Crippen molar-refractivity contribution in [3.05, 3.63) is 62.2 Å². The summed E-state index contributed by atoms with van der Waals surface area (Å²) in [4.78, 5) is 10.4. The van der Waals surface area contributed by atoms with Crippen molar-refractivity contribution >= 4 is 39.7 Å². The number of rotatable bonds is 3. The molecule has 0 atom stereocenters. The van der Waals surface area contributed by atoms with Crippen LogP contribution in [0.25, 0.3) is 0 Å². The van der Waals surface area contributed by atoms with Gasteiger partial charge in [-0.2, -0.15) is 0 Å². The maximum absolute atomic E-state index is 10.8. The Morgan fingerprint density at radius 3 is 2.35 bits per heavy atom. The van der Waals surface area contributed by atoms with E-state index in [2.05, 4.69) is 27.9 Å². The quantitative estimate of drug-likeness (QED) is 0.523. The van der Waals surface area contributed by atoms with Crippen LogP contribution in [-0.2, 0) is 0 Å². The molecular formula is C12H9IN2O2. The summed E-state index contributed by atoms with van der Waals surface area (Å²) >= 11 is 2.21. The van der Waals surface area contributed by atoms with Gasteiger partial charge in [-0.25, -0.2) is 0 Å². The van der Waals surface area contributed by atoms with Gasteiger partial charge in [-0.1, -0.05) is 12.1 Å². The van der Waals surface area contributed by atoms with E-state index in [1.54, 1.807) is 18.2 Å². The summed E-state index contributed by atoms with van der Waals surface area (Å²) in [6.45, 7) is 0. The lowest BCUT2D eigenvalue weighted by Gasteiger charge is -2.06. The Bertz CT molecular complexity index is 540. The molecule has 5 heteroatoms. The van der Waals surface area contributed by atoms with Gasteiger partial charge in [0.15, 0.2) is 0 Å². The van der Waals surface area contributed by atoms with Crippen molar-refractivity contribution in [2.45, 2.75) is 0 Å². The van der Waals surface area contributed by atoms with Crippen LogP contribution in [0, 0.1) is 13.7 Å². The molecule has 0 saturated carbocycles. The molecule has 0 spiro atoms. The van der Waals surface area contributed by atoms with Gasteiger partial charge in [-0.3, -0.25) is 10.1 Å². The molecule has 4 nitrogen and oxygen atoms in total. The number of nitrogens with zero attached hydrogens (tertiary/aromatic N) is 1. The molecule has 0 saturated heterocycles. The first-order valence-electron chi connectivity index (χ1n) is 4.93. The van der Waals surface area contributed by atoms with Crippen LogP contribution in [-0.4, -0.2) is 4.92 Å². The van der Waals surface area contributed by atoms with Gasteiger partial charge in [-0.05, 0) is 52.9 Å². The van der Waals surface area contributed by atoms with Crippen molar-refractivity contribution in [2.75, 3.05) is 5.32 Å². The largest absolute Gasteiger partial charge is 0.350 e. The second-order valence-electron chi connectivity index (χ2n) is 3.41. The number of hydrogen-bond donors (Lipinski definition) is 1. The molecule has 0 aliphatic carbocycles. The SMILES string of the molecule is O=[N+]([O-])c1ccccc1Nc1ccc(I)cc1. The van der Waals surface area contributed by atoms with E-state index in [1.165, 1.54) is 6.07 Å². The van der Waals surface area contributed by atoms with Gasteiger partial charge in [0, 0.05) is 15.3 Å².